The quantitative estimate of drug-likeness (QED) is 0.194. The minimum Gasteiger partial charge on any atom is -0.497 e. The molecule has 0 aliphatic carbocycles. The van der Waals surface area contributed by atoms with Crippen LogP contribution >= 0.6 is 0 Å². The summed E-state index contributed by atoms with van der Waals surface area (Å²) in [6.07, 6.45) is 5.45. The number of methoxy groups -OCH3 is 1. The first-order valence-corrected chi connectivity index (χ1v) is 13.5. The molecule has 206 valence electrons. The normalized spacial score (nSPS) is 11.4. The fraction of sp³-hybridized carbons (Fsp3) is 0.0909. The van der Waals surface area contributed by atoms with Crippen molar-refractivity contribution in [2.24, 2.45) is 0 Å². The van der Waals surface area contributed by atoms with E-state index in [0.29, 0.717) is 34.9 Å². The predicted octanol–water partition coefficient (Wildman–Crippen LogP) is 6.67. The molecule has 0 amide bonds. The smallest absolute Gasteiger partial charge is 0.159 e. The van der Waals surface area contributed by atoms with Gasteiger partial charge in [0.25, 0.3) is 0 Å². The Morgan fingerprint density at radius 3 is 2.60 bits per heavy atom. The molecule has 0 fully saturated rings. The van der Waals surface area contributed by atoms with Crippen molar-refractivity contribution in [3.63, 3.8) is 0 Å². The number of benzene rings is 3. The molecule has 9 heteroatoms. The van der Waals surface area contributed by atoms with Gasteiger partial charge in [0.2, 0.25) is 0 Å². The summed E-state index contributed by atoms with van der Waals surface area (Å²) in [5, 5.41) is 12.0. The Kier molecular flexibility index (Phi) is 6.61. The van der Waals surface area contributed by atoms with Crippen molar-refractivity contribution in [2.75, 3.05) is 7.11 Å². The van der Waals surface area contributed by atoms with Gasteiger partial charge in [0, 0.05) is 48.1 Å². The number of hydrogen-bond acceptors (Lipinski definition) is 6. The highest BCUT2D eigenvalue weighted by Crippen LogP contribution is 2.34. The van der Waals surface area contributed by atoms with Gasteiger partial charge in [0.1, 0.15) is 17.3 Å². The lowest BCUT2D eigenvalue weighted by atomic mass is 10.0. The lowest BCUT2D eigenvalue weighted by Crippen LogP contribution is -2.12. The molecule has 0 unspecified atom stereocenters. The highest BCUT2D eigenvalue weighted by molar-refractivity contribution is 5.97. The number of fused-ring (bicyclic) bond motifs is 2. The van der Waals surface area contributed by atoms with Crippen molar-refractivity contribution in [3.8, 4) is 39.7 Å². The van der Waals surface area contributed by atoms with Crippen LogP contribution in [0.25, 0.3) is 55.8 Å². The maximum Gasteiger partial charge on any atom is 0.159 e. The van der Waals surface area contributed by atoms with Crippen molar-refractivity contribution >= 4 is 21.9 Å². The summed E-state index contributed by atoms with van der Waals surface area (Å²) >= 11 is 0. The van der Waals surface area contributed by atoms with E-state index >= 15 is 0 Å². The molecule has 0 saturated carbocycles. The van der Waals surface area contributed by atoms with Gasteiger partial charge in [-0.25, -0.2) is 9.37 Å². The molecule has 7 aromatic rings. The molecule has 0 bridgehead atoms. The molecule has 0 aliphatic heterocycles. The van der Waals surface area contributed by atoms with E-state index in [9.17, 15) is 4.39 Å². The molecule has 4 aromatic heterocycles. The summed E-state index contributed by atoms with van der Waals surface area (Å²) in [4.78, 5) is 17.4. The van der Waals surface area contributed by atoms with Crippen LogP contribution in [-0.4, -0.2) is 37.2 Å². The van der Waals surface area contributed by atoms with Crippen molar-refractivity contribution in [3.05, 3.63) is 114 Å². The molecule has 0 saturated heterocycles. The number of aromatic amines is 2. The second-order valence-electron chi connectivity index (χ2n) is 10.0. The van der Waals surface area contributed by atoms with Gasteiger partial charge in [0.05, 0.1) is 35.6 Å². The number of nitrogens with zero attached hydrogens (tertiary/aromatic N) is 4. The second-order valence-corrected chi connectivity index (χ2v) is 10.0. The van der Waals surface area contributed by atoms with Crippen LogP contribution in [0.15, 0.2) is 97.5 Å². The lowest BCUT2D eigenvalue weighted by Gasteiger charge is -2.07. The summed E-state index contributed by atoms with van der Waals surface area (Å²) in [6, 6.07) is 24.8. The molecule has 42 heavy (non-hydrogen) atoms. The molecular formula is C33H26FN7O. The Bertz CT molecular complexity index is 2030. The number of H-pyrrole nitrogens is 2. The van der Waals surface area contributed by atoms with E-state index in [2.05, 4.69) is 48.7 Å². The van der Waals surface area contributed by atoms with Gasteiger partial charge in [-0.3, -0.25) is 15.1 Å². The zero-order valence-electron chi connectivity index (χ0n) is 22.7. The Morgan fingerprint density at radius 2 is 1.71 bits per heavy atom. The van der Waals surface area contributed by atoms with Gasteiger partial charge in [-0.15, -0.1) is 0 Å². The van der Waals surface area contributed by atoms with Gasteiger partial charge >= 0.3 is 0 Å². The molecule has 8 nitrogen and oxygen atoms in total. The number of halogens is 1. The highest BCUT2D eigenvalue weighted by atomic mass is 19.1. The molecule has 3 aromatic carbocycles. The van der Waals surface area contributed by atoms with E-state index in [1.54, 1.807) is 12.3 Å². The van der Waals surface area contributed by atoms with Gasteiger partial charge in [-0.05, 0) is 47.0 Å². The summed E-state index contributed by atoms with van der Waals surface area (Å²) in [6.45, 7) is 1.47. The van der Waals surface area contributed by atoms with E-state index in [1.165, 1.54) is 24.8 Å². The highest BCUT2D eigenvalue weighted by Gasteiger charge is 2.17. The first-order chi connectivity index (χ1) is 20.6. The Hall–Kier alpha value is -5.41. The monoisotopic (exact) mass is 555 g/mol. The standard InChI is InChI=1S/C33H26FN7O/c1-42-25-12-22(11-24(34)13-25)26-8-5-9-28-31(26)39-33(38-28)32-27-14-29(37-19-30(27)40-41-32)23-10-21(17-36-18-23)16-35-15-20-6-3-2-4-7-20/h2-14,17-19,35H,15-16H2,1H3,(H,38,39)(H,40,41). The number of imidazole rings is 1. The lowest BCUT2D eigenvalue weighted by molar-refractivity contribution is 0.411. The van der Waals surface area contributed by atoms with Crippen molar-refractivity contribution < 1.29 is 9.13 Å². The van der Waals surface area contributed by atoms with Crippen LogP contribution < -0.4 is 10.1 Å². The minimum absolute atomic E-state index is 0.374. The van der Waals surface area contributed by atoms with Crippen LogP contribution in [0.2, 0.25) is 0 Å². The summed E-state index contributed by atoms with van der Waals surface area (Å²) in [5.41, 5.74) is 8.45. The first kappa shape index (κ1) is 25.6. The largest absolute Gasteiger partial charge is 0.497 e. The molecule has 7 rings (SSSR count). The molecule has 0 aliphatic rings. The average Bonchev–Trinajstić information content (AvgIpc) is 3.65. The van der Waals surface area contributed by atoms with Crippen molar-refractivity contribution in [1.29, 1.82) is 0 Å². The molecular weight excluding hydrogens is 529 g/mol. The van der Waals surface area contributed by atoms with Crippen LogP contribution in [0.5, 0.6) is 5.75 Å². The third-order valence-electron chi connectivity index (χ3n) is 7.19. The zero-order chi connectivity index (χ0) is 28.5. The number of nitrogens with one attached hydrogen (secondary N) is 3. The number of hydrogen-bond donors (Lipinski definition) is 3. The third kappa shape index (κ3) is 4.97. The van der Waals surface area contributed by atoms with Gasteiger partial charge in [-0.2, -0.15) is 5.10 Å². The van der Waals surface area contributed by atoms with Crippen molar-refractivity contribution in [2.45, 2.75) is 13.1 Å². The number of pyridine rings is 2. The Balaban J connectivity index is 1.21. The fourth-order valence-corrected chi connectivity index (χ4v) is 5.14. The zero-order valence-corrected chi connectivity index (χ0v) is 22.7. The number of aromatic nitrogens is 6. The maximum absolute atomic E-state index is 14.3. The van der Waals surface area contributed by atoms with Crippen LogP contribution in [0.4, 0.5) is 4.39 Å². The maximum atomic E-state index is 14.3. The van der Waals surface area contributed by atoms with E-state index in [0.717, 1.165) is 45.3 Å². The predicted molar refractivity (Wildman–Crippen MR) is 161 cm³/mol. The summed E-state index contributed by atoms with van der Waals surface area (Å²) in [5.74, 6) is 0.670. The van der Waals surface area contributed by atoms with E-state index < -0.39 is 0 Å². The van der Waals surface area contributed by atoms with Gasteiger partial charge < -0.3 is 15.0 Å². The second kappa shape index (κ2) is 10.9. The fourth-order valence-electron chi connectivity index (χ4n) is 5.14. The number of para-hydroxylation sites is 1. The van der Waals surface area contributed by atoms with E-state index in [4.69, 9.17) is 9.72 Å². The summed E-state index contributed by atoms with van der Waals surface area (Å²) in [7, 11) is 1.52. The van der Waals surface area contributed by atoms with Crippen molar-refractivity contribution in [1.82, 2.24) is 35.5 Å². The molecule has 0 radical (unpaired) electrons. The van der Waals surface area contributed by atoms with Gasteiger partial charge in [0.15, 0.2) is 5.82 Å². The van der Waals surface area contributed by atoms with Crippen LogP contribution in [0.1, 0.15) is 11.1 Å². The van der Waals surface area contributed by atoms with Crippen LogP contribution in [0.3, 0.4) is 0 Å². The van der Waals surface area contributed by atoms with Gasteiger partial charge in [-0.1, -0.05) is 42.5 Å². The average molecular weight is 556 g/mol. The SMILES string of the molecule is COc1cc(F)cc(-c2cccc3[nH]c(-c4n[nH]c5cnc(-c6cncc(CNCc7ccccc7)c6)cc45)nc23)c1. The summed E-state index contributed by atoms with van der Waals surface area (Å²) < 4.78 is 19.6. The van der Waals surface area contributed by atoms with Crippen LogP contribution in [-0.2, 0) is 13.1 Å². The Labute approximate surface area is 240 Å². The van der Waals surface area contributed by atoms with Crippen LogP contribution in [0, 0.1) is 5.82 Å². The number of ether oxygens (including phenoxy) is 1. The van der Waals surface area contributed by atoms with E-state index in [-0.39, 0.29) is 5.82 Å². The van der Waals surface area contributed by atoms with E-state index in [1.807, 2.05) is 54.9 Å². The molecule has 0 atom stereocenters. The molecule has 4 heterocycles. The minimum atomic E-state index is -0.374. The third-order valence-corrected chi connectivity index (χ3v) is 7.19. The molecule has 0 spiro atoms. The molecule has 3 N–H and O–H groups in total. The Morgan fingerprint density at radius 1 is 0.833 bits per heavy atom. The topological polar surface area (TPSA) is 104 Å². The number of rotatable bonds is 8. The first-order valence-electron chi connectivity index (χ1n) is 13.5.